The van der Waals surface area contributed by atoms with Gasteiger partial charge in [0.15, 0.2) is 5.82 Å². The van der Waals surface area contributed by atoms with Crippen molar-refractivity contribution >= 4 is 0 Å². The summed E-state index contributed by atoms with van der Waals surface area (Å²) in [5, 5.41) is 0. The zero-order valence-electron chi connectivity index (χ0n) is 10.9. The first-order valence-corrected chi connectivity index (χ1v) is 6.39. The lowest BCUT2D eigenvalue weighted by Gasteiger charge is -2.15. The van der Waals surface area contributed by atoms with Crippen LogP contribution in [0.4, 0.5) is 0 Å². The minimum Gasteiger partial charge on any atom is -0.325 e. The Morgan fingerprint density at radius 3 is 2.94 bits per heavy atom. The topological polar surface area (TPSA) is 34.0 Å². The molecule has 18 heavy (non-hydrogen) atoms. The lowest BCUT2D eigenvalue weighted by atomic mass is 10.2. The van der Waals surface area contributed by atoms with Crippen LogP contribution in [-0.2, 0) is 0 Å². The molecule has 2 aromatic rings. The molecule has 0 aromatic carbocycles. The van der Waals surface area contributed by atoms with Crippen molar-refractivity contribution in [1.29, 1.82) is 0 Å². The van der Waals surface area contributed by atoms with Crippen LogP contribution >= 0.6 is 0 Å². The lowest BCUT2D eigenvalue weighted by Crippen LogP contribution is -2.16. The van der Waals surface area contributed by atoms with Gasteiger partial charge in [-0.25, -0.2) is 9.97 Å². The molecule has 0 saturated carbocycles. The number of aromatic nitrogens is 3. The Kier molecular flexibility index (Phi) is 2.88. The molecule has 0 amide bonds. The van der Waals surface area contributed by atoms with Crippen LogP contribution in [0.2, 0.25) is 0 Å². The highest BCUT2D eigenvalue weighted by Crippen LogP contribution is 2.25. The van der Waals surface area contributed by atoms with Crippen molar-refractivity contribution in [2.24, 2.45) is 0 Å². The molecule has 3 heterocycles. The standard InChI is InChI=1S/C14H18N4/c1-11-4-3-5-13(16-11)14-15-7-9-18(14)12-6-8-17(2)10-12/h3-5,7,9,12H,6,8,10H2,1-2H3. The highest BCUT2D eigenvalue weighted by molar-refractivity contribution is 5.50. The summed E-state index contributed by atoms with van der Waals surface area (Å²) in [6.45, 7) is 4.26. The van der Waals surface area contributed by atoms with Crippen molar-refractivity contribution in [1.82, 2.24) is 19.4 Å². The molecule has 1 fully saturated rings. The Hall–Kier alpha value is -1.68. The molecule has 94 valence electrons. The summed E-state index contributed by atoms with van der Waals surface area (Å²) >= 11 is 0. The fourth-order valence-corrected chi connectivity index (χ4v) is 2.61. The summed E-state index contributed by atoms with van der Waals surface area (Å²) in [4.78, 5) is 11.4. The summed E-state index contributed by atoms with van der Waals surface area (Å²) in [5.41, 5.74) is 2.00. The van der Waals surface area contributed by atoms with Crippen LogP contribution in [0.5, 0.6) is 0 Å². The Bertz CT molecular complexity index is 546. The lowest BCUT2D eigenvalue weighted by molar-refractivity contribution is 0.393. The molecule has 0 aliphatic carbocycles. The van der Waals surface area contributed by atoms with Gasteiger partial charge >= 0.3 is 0 Å². The number of likely N-dealkylation sites (tertiary alicyclic amines) is 1. The minimum absolute atomic E-state index is 0.523. The van der Waals surface area contributed by atoms with Gasteiger partial charge in [0.1, 0.15) is 5.69 Å². The maximum atomic E-state index is 4.57. The average molecular weight is 242 g/mol. The SMILES string of the molecule is Cc1cccc(-c2nccn2C2CCN(C)C2)n1. The number of hydrogen-bond acceptors (Lipinski definition) is 3. The van der Waals surface area contributed by atoms with Gasteiger partial charge in [0.25, 0.3) is 0 Å². The van der Waals surface area contributed by atoms with E-state index in [1.807, 2.05) is 31.3 Å². The average Bonchev–Trinajstić information content (AvgIpc) is 2.96. The largest absolute Gasteiger partial charge is 0.325 e. The van der Waals surface area contributed by atoms with Gasteiger partial charge in [-0.3, -0.25) is 0 Å². The van der Waals surface area contributed by atoms with E-state index in [0.29, 0.717) is 6.04 Å². The van der Waals surface area contributed by atoms with E-state index >= 15 is 0 Å². The smallest absolute Gasteiger partial charge is 0.158 e. The molecule has 0 bridgehead atoms. The van der Waals surface area contributed by atoms with E-state index in [0.717, 1.165) is 30.3 Å². The van der Waals surface area contributed by atoms with E-state index in [4.69, 9.17) is 0 Å². The number of pyridine rings is 1. The monoisotopic (exact) mass is 242 g/mol. The highest BCUT2D eigenvalue weighted by Gasteiger charge is 2.23. The quantitative estimate of drug-likeness (QED) is 0.809. The number of aryl methyl sites for hydroxylation is 1. The number of nitrogens with zero attached hydrogens (tertiary/aromatic N) is 4. The van der Waals surface area contributed by atoms with Crippen molar-refractivity contribution in [2.45, 2.75) is 19.4 Å². The van der Waals surface area contributed by atoms with Crippen LogP contribution in [0, 0.1) is 6.92 Å². The van der Waals surface area contributed by atoms with Crippen LogP contribution < -0.4 is 0 Å². The van der Waals surface area contributed by atoms with Crippen molar-refractivity contribution in [3.05, 3.63) is 36.3 Å². The fourth-order valence-electron chi connectivity index (χ4n) is 2.61. The second-order valence-electron chi connectivity index (χ2n) is 5.03. The molecular formula is C14H18N4. The predicted octanol–water partition coefficient (Wildman–Crippen LogP) is 2.13. The molecule has 1 saturated heterocycles. The molecule has 4 nitrogen and oxygen atoms in total. The normalized spacial score (nSPS) is 20.4. The van der Waals surface area contributed by atoms with Gasteiger partial charge in [0, 0.05) is 30.7 Å². The summed E-state index contributed by atoms with van der Waals surface area (Å²) in [6.07, 6.45) is 5.13. The maximum absolute atomic E-state index is 4.57. The van der Waals surface area contributed by atoms with Crippen LogP contribution in [0.3, 0.4) is 0 Å². The van der Waals surface area contributed by atoms with Gasteiger partial charge in [-0.2, -0.15) is 0 Å². The van der Waals surface area contributed by atoms with Crippen molar-refractivity contribution in [3.8, 4) is 11.5 Å². The van der Waals surface area contributed by atoms with Crippen LogP contribution in [0.15, 0.2) is 30.6 Å². The van der Waals surface area contributed by atoms with Gasteiger partial charge in [-0.1, -0.05) is 6.07 Å². The van der Waals surface area contributed by atoms with Gasteiger partial charge < -0.3 is 9.47 Å². The molecule has 3 rings (SSSR count). The molecule has 1 atom stereocenters. The van der Waals surface area contributed by atoms with E-state index in [1.54, 1.807) is 0 Å². The number of likely N-dealkylation sites (N-methyl/N-ethyl adjacent to an activating group) is 1. The molecular weight excluding hydrogens is 224 g/mol. The molecule has 4 heteroatoms. The van der Waals surface area contributed by atoms with Gasteiger partial charge in [0.2, 0.25) is 0 Å². The Morgan fingerprint density at radius 1 is 1.33 bits per heavy atom. The summed E-state index contributed by atoms with van der Waals surface area (Å²) in [7, 11) is 2.17. The first kappa shape index (κ1) is 11.4. The van der Waals surface area contributed by atoms with Crippen LogP contribution in [-0.4, -0.2) is 39.6 Å². The second-order valence-corrected chi connectivity index (χ2v) is 5.03. The maximum Gasteiger partial charge on any atom is 0.158 e. The summed E-state index contributed by atoms with van der Waals surface area (Å²) in [5.74, 6) is 0.985. The minimum atomic E-state index is 0.523. The molecule has 1 aliphatic rings. The van der Waals surface area contributed by atoms with Crippen LogP contribution in [0.1, 0.15) is 18.2 Å². The Labute approximate surface area is 107 Å². The molecule has 2 aromatic heterocycles. The Morgan fingerprint density at radius 2 is 2.22 bits per heavy atom. The van der Waals surface area contributed by atoms with E-state index in [-0.39, 0.29) is 0 Å². The molecule has 1 unspecified atom stereocenters. The third-order valence-corrected chi connectivity index (χ3v) is 3.55. The molecule has 1 aliphatic heterocycles. The number of hydrogen-bond donors (Lipinski definition) is 0. The zero-order valence-corrected chi connectivity index (χ0v) is 10.9. The van der Waals surface area contributed by atoms with E-state index in [9.17, 15) is 0 Å². The summed E-state index contributed by atoms with van der Waals surface area (Å²) in [6, 6.07) is 6.61. The van der Waals surface area contributed by atoms with Crippen LogP contribution in [0.25, 0.3) is 11.5 Å². The fraction of sp³-hybridized carbons (Fsp3) is 0.429. The third kappa shape index (κ3) is 2.04. The first-order chi connectivity index (χ1) is 8.74. The number of rotatable bonds is 2. The summed E-state index contributed by atoms with van der Waals surface area (Å²) < 4.78 is 2.27. The highest BCUT2D eigenvalue weighted by atomic mass is 15.2. The van der Waals surface area contributed by atoms with E-state index in [1.165, 1.54) is 6.42 Å². The van der Waals surface area contributed by atoms with Gasteiger partial charge in [-0.05, 0) is 39.1 Å². The molecule has 0 N–H and O–H groups in total. The number of imidazole rings is 1. The zero-order chi connectivity index (χ0) is 12.5. The van der Waals surface area contributed by atoms with Crippen molar-refractivity contribution < 1.29 is 0 Å². The first-order valence-electron chi connectivity index (χ1n) is 6.39. The second kappa shape index (κ2) is 4.53. The van der Waals surface area contributed by atoms with E-state index in [2.05, 4.69) is 32.7 Å². The van der Waals surface area contributed by atoms with E-state index < -0.39 is 0 Å². The van der Waals surface area contributed by atoms with Gasteiger partial charge in [-0.15, -0.1) is 0 Å². The third-order valence-electron chi connectivity index (χ3n) is 3.55. The molecule has 0 spiro atoms. The predicted molar refractivity (Wildman–Crippen MR) is 71.3 cm³/mol. The molecule has 0 radical (unpaired) electrons. The Balaban J connectivity index is 1.96. The van der Waals surface area contributed by atoms with Gasteiger partial charge in [0.05, 0.1) is 0 Å². The van der Waals surface area contributed by atoms with Crippen molar-refractivity contribution in [2.75, 3.05) is 20.1 Å². The van der Waals surface area contributed by atoms with Crippen molar-refractivity contribution in [3.63, 3.8) is 0 Å².